The summed E-state index contributed by atoms with van der Waals surface area (Å²) in [6.45, 7) is 6.11. The van der Waals surface area contributed by atoms with Crippen LogP contribution in [0.25, 0.3) is 0 Å². The van der Waals surface area contributed by atoms with E-state index in [1.54, 1.807) is 18.0 Å². The molecular weight excluding hydrogens is 314 g/mol. The van der Waals surface area contributed by atoms with Crippen molar-refractivity contribution in [3.8, 4) is 0 Å². The highest BCUT2D eigenvalue weighted by Gasteiger charge is 2.30. The smallest absolute Gasteiger partial charge is 0.263 e. The second kappa shape index (κ2) is 8.03. The maximum atomic E-state index is 12.8. The highest BCUT2D eigenvalue weighted by molar-refractivity contribution is 5.94. The van der Waals surface area contributed by atoms with Gasteiger partial charge in [0.2, 0.25) is 0 Å². The summed E-state index contributed by atoms with van der Waals surface area (Å²) in [6.07, 6.45) is -2.05. The number of aliphatic hydroxyl groups excluding tert-OH is 1. The van der Waals surface area contributed by atoms with E-state index in [1.165, 1.54) is 18.2 Å². The number of amides is 1. The fourth-order valence-corrected chi connectivity index (χ4v) is 3.07. The first kappa shape index (κ1) is 18.8. The van der Waals surface area contributed by atoms with Gasteiger partial charge in [0.15, 0.2) is 0 Å². The molecule has 6 heteroatoms. The molecule has 1 aliphatic heterocycles. The zero-order valence-corrected chi connectivity index (χ0v) is 14.5. The number of aliphatic hydroxyl groups is 1. The Balaban J connectivity index is 2.10. The Morgan fingerprint density at radius 2 is 2.04 bits per heavy atom. The summed E-state index contributed by atoms with van der Waals surface area (Å²) in [5.74, 6) is 0.160. The number of rotatable bonds is 7. The molecule has 1 N–H and O–H groups in total. The molecule has 24 heavy (non-hydrogen) atoms. The van der Waals surface area contributed by atoms with E-state index in [0.29, 0.717) is 25.6 Å². The van der Waals surface area contributed by atoms with Gasteiger partial charge in [-0.25, -0.2) is 8.78 Å². The van der Waals surface area contributed by atoms with E-state index in [2.05, 4.69) is 18.7 Å². The first-order valence-electron chi connectivity index (χ1n) is 8.33. The number of benzene rings is 1. The van der Waals surface area contributed by atoms with Gasteiger partial charge in [0.05, 0.1) is 6.10 Å². The molecule has 1 heterocycles. The van der Waals surface area contributed by atoms with Crippen LogP contribution in [0.3, 0.4) is 0 Å². The topological polar surface area (TPSA) is 43.8 Å². The molecule has 1 aromatic carbocycles. The second-order valence-corrected chi connectivity index (χ2v) is 7.00. The van der Waals surface area contributed by atoms with Gasteiger partial charge in [-0.2, -0.15) is 0 Å². The highest BCUT2D eigenvalue weighted by Crippen LogP contribution is 2.22. The quantitative estimate of drug-likeness (QED) is 0.830. The Bertz CT molecular complexity index is 560. The van der Waals surface area contributed by atoms with Crippen LogP contribution in [-0.4, -0.2) is 59.6 Å². The second-order valence-electron chi connectivity index (χ2n) is 7.00. The number of hydrogen-bond acceptors (Lipinski definition) is 3. The molecule has 0 saturated carbocycles. The van der Waals surface area contributed by atoms with Crippen LogP contribution in [0, 0.1) is 5.92 Å². The molecule has 1 amide bonds. The molecule has 1 saturated heterocycles. The summed E-state index contributed by atoms with van der Waals surface area (Å²) < 4.78 is 25.7. The lowest BCUT2D eigenvalue weighted by atomic mass is 9.99. The molecule has 4 nitrogen and oxygen atoms in total. The van der Waals surface area contributed by atoms with Gasteiger partial charge >= 0.3 is 0 Å². The number of β-amino-alcohol motifs (C(OH)–C–C–N with tert-alkyl or cyclic N) is 1. The van der Waals surface area contributed by atoms with E-state index >= 15 is 0 Å². The van der Waals surface area contributed by atoms with Crippen molar-refractivity contribution in [3.05, 3.63) is 35.4 Å². The van der Waals surface area contributed by atoms with Crippen molar-refractivity contribution >= 4 is 5.91 Å². The zero-order valence-electron chi connectivity index (χ0n) is 14.5. The van der Waals surface area contributed by atoms with Gasteiger partial charge in [-0.15, -0.1) is 0 Å². The van der Waals surface area contributed by atoms with Crippen molar-refractivity contribution in [2.75, 3.05) is 26.7 Å². The van der Waals surface area contributed by atoms with Gasteiger partial charge in [-0.1, -0.05) is 26.0 Å². The molecule has 0 aromatic heterocycles. The summed E-state index contributed by atoms with van der Waals surface area (Å²) >= 11 is 0. The third-order valence-electron chi connectivity index (χ3n) is 4.40. The number of halogens is 2. The fraction of sp³-hybridized carbons (Fsp3) is 0.611. The summed E-state index contributed by atoms with van der Waals surface area (Å²) in [7, 11) is 1.72. The fourth-order valence-electron chi connectivity index (χ4n) is 3.07. The molecule has 0 bridgehead atoms. The van der Waals surface area contributed by atoms with E-state index in [4.69, 9.17) is 0 Å². The van der Waals surface area contributed by atoms with Gasteiger partial charge in [-0.3, -0.25) is 9.69 Å². The number of carbonyl (C=O) groups is 1. The lowest BCUT2D eigenvalue weighted by Crippen LogP contribution is -2.56. The average Bonchev–Trinajstić information content (AvgIpc) is 2.50. The molecule has 1 atom stereocenters. The summed E-state index contributed by atoms with van der Waals surface area (Å²) in [5.41, 5.74) is 0.147. The average molecular weight is 340 g/mol. The predicted octanol–water partition coefficient (Wildman–Crippen LogP) is 2.79. The predicted molar refractivity (Wildman–Crippen MR) is 89.2 cm³/mol. The Morgan fingerprint density at radius 1 is 1.38 bits per heavy atom. The standard InChI is InChI=1S/C18H26F2N2O2/c1-12(2)7-15(9-22-10-16(23)11-22)21(3)18(24)14-6-4-5-13(8-14)17(19)20/h4-6,8,12,15-17,23H,7,9-11H2,1-3H3/t15-/m0/s1. The van der Waals surface area contributed by atoms with Crippen LogP contribution >= 0.6 is 0 Å². The maximum Gasteiger partial charge on any atom is 0.263 e. The van der Waals surface area contributed by atoms with E-state index in [0.717, 1.165) is 6.42 Å². The van der Waals surface area contributed by atoms with Crippen LogP contribution in [0.1, 0.15) is 42.6 Å². The van der Waals surface area contributed by atoms with Crippen LogP contribution in [0.2, 0.25) is 0 Å². The van der Waals surface area contributed by atoms with Crippen molar-refractivity contribution in [2.45, 2.75) is 38.8 Å². The molecule has 134 valence electrons. The maximum absolute atomic E-state index is 12.8. The minimum absolute atomic E-state index is 0.0137. The molecule has 1 fully saturated rings. The minimum atomic E-state index is -2.59. The van der Waals surface area contributed by atoms with Crippen molar-refractivity contribution in [2.24, 2.45) is 5.92 Å². The number of likely N-dealkylation sites (N-methyl/N-ethyl adjacent to an activating group) is 1. The largest absolute Gasteiger partial charge is 0.390 e. The summed E-state index contributed by atoms with van der Waals surface area (Å²) in [5, 5.41) is 9.43. The van der Waals surface area contributed by atoms with Crippen molar-refractivity contribution < 1.29 is 18.7 Å². The first-order valence-corrected chi connectivity index (χ1v) is 8.33. The van der Waals surface area contributed by atoms with Crippen LogP contribution in [-0.2, 0) is 0 Å². The van der Waals surface area contributed by atoms with E-state index < -0.39 is 6.43 Å². The van der Waals surface area contributed by atoms with Gasteiger partial charge in [0, 0.05) is 43.9 Å². The van der Waals surface area contributed by atoms with Crippen LogP contribution in [0.5, 0.6) is 0 Å². The Kier molecular flexibility index (Phi) is 6.29. The van der Waals surface area contributed by atoms with Crippen LogP contribution < -0.4 is 0 Å². The zero-order chi connectivity index (χ0) is 17.9. The first-order chi connectivity index (χ1) is 11.3. The van der Waals surface area contributed by atoms with Gasteiger partial charge in [-0.05, 0) is 24.5 Å². The van der Waals surface area contributed by atoms with Gasteiger partial charge in [0.25, 0.3) is 12.3 Å². The molecule has 1 aromatic rings. The number of nitrogens with zero attached hydrogens (tertiary/aromatic N) is 2. The third-order valence-corrected chi connectivity index (χ3v) is 4.40. The SMILES string of the molecule is CC(C)C[C@@H](CN1CC(O)C1)N(C)C(=O)c1cccc(C(F)F)c1. The Labute approximate surface area is 142 Å². The molecule has 2 rings (SSSR count). The van der Waals surface area contributed by atoms with Crippen molar-refractivity contribution in [1.29, 1.82) is 0 Å². The van der Waals surface area contributed by atoms with Crippen LogP contribution in [0.4, 0.5) is 8.78 Å². The normalized spacial score (nSPS) is 17.2. The van der Waals surface area contributed by atoms with Crippen molar-refractivity contribution in [1.82, 2.24) is 9.80 Å². The lowest BCUT2D eigenvalue weighted by Gasteiger charge is -2.41. The van der Waals surface area contributed by atoms with Gasteiger partial charge in [0.1, 0.15) is 0 Å². The summed E-state index contributed by atoms with van der Waals surface area (Å²) in [6, 6.07) is 5.65. The molecule has 0 radical (unpaired) electrons. The molecule has 1 aliphatic rings. The number of carbonyl (C=O) groups excluding carboxylic acids is 1. The number of alkyl halides is 2. The van der Waals surface area contributed by atoms with Crippen LogP contribution in [0.15, 0.2) is 24.3 Å². The monoisotopic (exact) mass is 340 g/mol. The van der Waals surface area contributed by atoms with E-state index in [9.17, 15) is 18.7 Å². The molecular formula is C18H26F2N2O2. The number of hydrogen-bond donors (Lipinski definition) is 1. The third kappa shape index (κ3) is 4.74. The van der Waals surface area contributed by atoms with E-state index in [-0.39, 0.29) is 29.2 Å². The molecule has 0 aliphatic carbocycles. The Hall–Kier alpha value is -1.53. The number of likely N-dealkylation sites (tertiary alicyclic amines) is 1. The summed E-state index contributed by atoms with van der Waals surface area (Å²) in [4.78, 5) is 16.5. The van der Waals surface area contributed by atoms with Gasteiger partial charge < -0.3 is 10.0 Å². The molecule has 0 spiro atoms. The molecule has 0 unspecified atom stereocenters. The van der Waals surface area contributed by atoms with E-state index in [1.807, 2.05) is 0 Å². The minimum Gasteiger partial charge on any atom is -0.390 e. The lowest BCUT2D eigenvalue weighted by molar-refractivity contribution is -0.0123. The van der Waals surface area contributed by atoms with Crippen molar-refractivity contribution in [3.63, 3.8) is 0 Å². The highest BCUT2D eigenvalue weighted by atomic mass is 19.3. The Morgan fingerprint density at radius 3 is 2.58 bits per heavy atom.